The normalized spacial score (nSPS) is 16.9. The van der Waals surface area contributed by atoms with E-state index in [0.717, 1.165) is 18.5 Å². The van der Waals surface area contributed by atoms with Crippen LogP contribution in [-0.2, 0) is 0 Å². The van der Waals surface area contributed by atoms with Crippen molar-refractivity contribution in [1.29, 1.82) is 0 Å². The van der Waals surface area contributed by atoms with Crippen molar-refractivity contribution in [2.75, 3.05) is 11.4 Å². The molecule has 0 bridgehead atoms. The van der Waals surface area contributed by atoms with Crippen LogP contribution in [0.2, 0.25) is 0 Å². The van der Waals surface area contributed by atoms with Crippen LogP contribution in [0, 0.1) is 5.92 Å². The molecule has 1 aliphatic rings. The molecule has 1 fully saturated rings. The fourth-order valence-electron chi connectivity index (χ4n) is 2.42. The highest BCUT2D eigenvalue weighted by Crippen LogP contribution is 2.35. The first kappa shape index (κ1) is 13.4. The number of hydrogen-bond acceptors (Lipinski definition) is 2. The maximum absolute atomic E-state index is 6.10. The van der Waals surface area contributed by atoms with E-state index in [4.69, 9.17) is 5.73 Å². The monoisotopic (exact) mass is 246 g/mol. The van der Waals surface area contributed by atoms with E-state index in [1.54, 1.807) is 0 Å². The summed E-state index contributed by atoms with van der Waals surface area (Å²) in [7, 11) is 0. The first-order valence-corrected chi connectivity index (χ1v) is 7.20. The Morgan fingerprint density at radius 3 is 2.44 bits per heavy atom. The van der Waals surface area contributed by atoms with Crippen molar-refractivity contribution in [3.8, 4) is 0 Å². The summed E-state index contributed by atoms with van der Waals surface area (Å²) in [5.41, 5.74) is 8.74. The Balaban J connectivity index is 2.19. The first-order chi connectivity index (χ1) is 8.59. The smallest absolute Gasteiger partial charge is 0.0417 e. The lowest BCUT2D eigenvalue weighted by Crippen LogP contribution is -2.29. The SMILES string of the molecule is CC(C)CCN(c1ccccc1[C@@H](C)N)C1CC1. The van der Waals surface area contributed by atoms with Gasteiger partial charge in [0.05, 0.1) is 0 Å². The van der Waals surface area contributed by atoms with Gasteiger partial charge in [0, 0.05) is 24.3 Å². The van der Waals surface area contributed by atoms with Gasteiger partial charge >= 0.3 is 0 Å². The maximum atomic E-state index is 6.10. The Bertz CT molecular complexity index is 380. The first-order valence-electron chi connectivity index (χ1n) is 7.20. The number of para-hydroxylation sites is 1. The molecule has 18 heavy (non-hydrogen) atoms. The van der Waals surface area contributed by atoms with E-state index in [1.165, 1.54) is 30.5 Å². The minimum absolute atomic E-state index is 0.113. The second kappa shape index (κ2) is 5.75. The largest absolute Gasteiger partial charge is 0.368 e. The molecule has 100 valence electrons. The molecule has 0 radical (unpaired) electrons. The third-order valence-corrected chi connectivity index (χ3v) is 3.67. The van der Waals surface area contributed by atoms with Gasteiger partial charge in [-0.2, -0.15) is 0 Å². The van der Waals surface area contributed by atoms with E-state index < -0.39 is 0 Å². The van der Waals surface area contributed by atoms with E-state index in [0.29, 0.717) is 0 Å². The molecule has 1 aromatic rings. The number of anilines is 1. The predicted molar refractivity (Wildman–Crippen MR) is 78.9 cm³/mol. The highest BCUT2D eigenvalue weighted by atomic mass is 15.2. The third-order valence-electron chi connectivity index (χ3n) is 3.67. The van der Waals surface area contributed by atoms with E-state index in [9.17, 15) is 0 Å². The summed E-state index contributed by atoms with van der Waals surface area (Å²) in [4.78, 5) is 2.58. The van der Waals surface area contributed by atoms with Crippen molar-refractivity contribution in [2.24, 2.45) is 11.7 Å². The minimum Gasteiger partial charge on any atom is -0.368 e. The Hall–Kier alpha value is -1.02. The molecule has 0 saturated heterocycles. The molecule has 1 saturated carbocycles. The van der Waals surface area contributed by atoms with Crippen molar-refractivity contribution >= 4 is 5.69 Å². The van der Waals surface area contributed by atoms with Gasteiger partial charge < -0.3 is 10.6 Å². The van der Waals surface area contributed by atoms with Crippen molar-refractivity contribution in [1.82, 2.24) is 0 Å². The summed E-state index contributed by atoms with van der Waals surface area (Å²) < 4.78 is 0. The molecule has 0 heterocycles. The Kier molecular flexibility index (Phi) is 4.28. The second-order valence-corrected chi connectivity index (χ2v) is 5.95. The summed E-state index contributed by atoms with van der Waals surface area (Å²) in [5, 5.41) is 0. The van der Waals surface area contributed by atoms with Gasteiger partial charge in [0.15, 0.2) is 0 Å². The molecule has 0 amide bonds. The number of nitrogens with zero attached hydrogens (tertiary/aromatic N) is 1. The summed E-state index contributed by atoms with van der Waals surface area (Å²) in [6.45, 7) is 7.82. The molecule has 1 aliphatic carbocycles. The van der Waals surface area contributed by atoms with Crippen LogP contribution in [0.25, 0.3) is 0 Å². The molecular formula is C16H26N2. The average molecular weight is 246 g/mol. The quantitative estimate of drug-likeness (QED) is 0.829. The Labute approximate surface area is 111 Å². The summed E-state index contributed by atoms with van der Waals surface area (Å²) in [5.74, 6) is 0.758. The number of benzene rings is 1. The van der Waals surface area contributed by atoms with Gasteiger partial charge in [-0.1, -0.05) is 32.0 Å². The highest BCUT2D eigenvalue weighted by molar-refractivity contribution is 5.56. The third kappa shape index (κ3) is 3.26. The topological polar surface area (TPSA) is 29.3 Å². The zero-order valence-electron chi connectivity index (χ0n) is 11.9. The lowest BCUT2D eigenvalue weighted by molar-refractivity contribution is 0.569. The number of nitrogens with two attached hydrogens (primary N) is 1. The predicted octanol–water partition coefficient (Wildman–Crippen LogP) is 3.72. The summed E-state index contributed by atoms with van der Waals surface area (Å²) >= 11 is 0. The Morgan fingerprint density at radius 1 is 1.22 bits per heavy atom. The van der Waals surface area contributed by atoms with Crippen LogP contribution < -0.4 is 10.6 Å². The van der Waals surface area contributed by atoms with Gasteiger partial charge in [0.2, 0.25) is 0 Å². The molecule has 2 heteroatoms. The lowest BCUT2D eigenvalue weighted by Gasteiger charge is -2.29. The molecule has 0 spiro atoms. The molecule has 1 aromatic carbocycles. The number of rotatable bonds is 6. The number of hydrogen-bond donors (Lipinski definition) is 1. The van der Waals surface area contributed by atoms with Crippen LogP contribution in [0.15, 0.2) is 24.3 Å². The molecule has 0 unspecified atom stereocenters. The van der Waals surface area contributed by atoms with Crippen LogP contribution >= 0.6 is 0 Å². The van der Waals surface area contributed by atoms with Gasteiger partial charge in [0.1, 0.15) is 0 Å². The van der Waals surface area contributed by atoms with Crippen molar-refractivity contribution in [3.05, 3.63) is 29.8 Å². The van der Waals surface area contributed by atoms with E-state index >= 15 is 0 Å². The lowest BCUT2D eigenvalue weighted by atomic mass is 10.0. The van der Waals surface area contributed by atoms with Crippen molar-refractivity contribution in [3.63, 3.8) is 0 Å². The maximum Gasteiger partial charge on any atom is 0.0417 e. The molecule has 1 atom stereocenters. The van der Waals surface area contributed by atoms with E-state index in [2.05, 4.69) is 49.9 Å². The van der Waals surface area contributed by atoms with E-state index in [-0.39, 0.29) is 6.04 Å². The van der Waals surface area contributed by atoms with Crippen LogP contribution in [0.5, 0.6) is 0 Å². The van der Waals surface area contributed by atoms with Crippen LogP contribution in [0.1, 0.15) is 51.6 Å². The molecule has 0 aliphatic heterocycles. The molecule has 2 rings (SSSR count). The fraction of sp³-hybridized carbons (Fsp3) is 0.625. The average Bonchev–Trinajstić information content (AvgIpc) is 3.14. The molecule has 2 N–H and O–H groups in total. The van der Waals surface area contributed by atoms with Gasteiger partial charge in [-0.05, 0) is 43.7 Å². The van der Waals surface area contributed by atoms with Crippen molar-refractivity contribution in [2.45, 2.75) is 52.1 Å². The van der Waals surface area contributed by atoms with Gasteiger partial charge in [-0.25, -0.2) is 0 Å². The van der Waals surface area contributed by atoms with Crippen LogP contribution in [-0.4, -0.2) is 12.6 Å². The molecular weight excluding hydrogens is 220 g/mol. The van der Waals surface area contributed by atoms with Gasteiger partial charge in [-0.15, -0.1) is 0 Å². The fourth-order valence-corrected chi connectivity index (χ4v) is 2.42. The van der Waals surface area contributed by atoms with Gasteiger partial charge in [0.25, 0.3) is 0 Å². The van der Waals surface area contributed by atoms with Crippen LogP contribution in [0.4, 0.5) is 5.69 Å². The minimum atomic E-state index is 0.113. The standard InChI is InChI=1S/C16H26N2/c1-12(2)10-11-18(14-8-9-14)16-7-5-4-6-15(16)13(3)17/h4-7,12-14H,8-11,17H2,1-3H3/t13-/m1/s1. The zero-order chi connectivity index (χ0) is 13.1. The molecule has 0 aromatic heterocycles. The second-order valence-electron chi connectivity index (χ2n) is 5.95. The van der Waals surface area contributed by atoms with E-state index in [1.807, 2.05) is 0 Å². The summed E-state index contributed by atoms with van der Waals surface area (Å²) in [6.07, 6.45) is 3.93. The van der Waals surface area contributed by atoms with Crippen LogP contribution in [0.3, 0.4) is 0 Å². The highest BCUT2D eigenvalue weighted by Gasteiger charge is 2.30. The zero-order valence-corrected chi connectivity index (χ0v) is 11.9. The van der Waals surface area contributed by atoms with Gasteiger partial charge in [-0.3, -0.25) is 0 Å². The summed E-state index contributed by atoms with van der Waals surface area (Å²) in [6, 6.07) is 9.49. The molecule has 2 nitrogen and oxygen atoms in total. The van der Waals surface area contributed by atoms with Crippen molar-refractivity contribution < 1.29 is 0 Å². The Morgan fingerprint density at radius 2 is 1.89 bits per heavy atom.